The van der Waals surface area contributed by atoms with Gasteiger partial charge in [0.1, 0.15) is 0 Å². The maximum Gasteiger partial charge on any atom is 0.227 e. The third-order valence-corrected chi connectivity index (χ3v) is 3.21. The number of hydrazone groups is 1. The molecule has 0 radical (unpaired) electrons. The van der Waals surface area contributed by atoms with Crippen molar-refractivity contribution in [2.75, 3.05) is 36.6 Å². The second kappa shape index (κ2) is 6.95. The van der Waals surface area contributed by atoms with Crippen molar-refractivity contribution in [3.8, 4) is 0 Å². The monoisotopic (exact) mass is 298 g/mol. The minimum atomic E-state index is 0.675. The number of hydrogen-bond donors (Lipinski definition) is 1. The lowest BCUT2D eigenvalue weighted by Gasteiger charge is -2.27. The van der Waals surface area contributed by atoms with Gasteiger partial charge in [-0.1, -0.05) is 6.07 Å². The van der Waals surface area contributed by atoms with Gasteiger partial charge in [0, 0.05) is 42.8 Å². The average Bonchev–Trinajstić information content (AvgIpc) is 2.56. The molecule has 1 fully saturated rings. The first-order valence-corrected chi connectivity index (χ1v) is 7.19. The molecule has 114 valence electrons. The summed E-state index contributed by atoms with van der Waals surface area (Å²) in [6.07, 6.45) is 5.18. The van der Waals surface area contributed by atoms with Crippen LogP contribution < -0.4 is 10.3 Å². The van der Waals surface area contributed by atoms with Crippen LogP contribution in [0.15, 0.2) is 35.7 Å². The van der Waals surface area contributed by atoms with E-state index in [4.69, 9.17) is 4.74 Å². The molecule has 2 aromatic rings. The molecule has 3 heterocycles. The largest absolute Gasteiger partial charge is 0.378 e. The second-order valence-electron chi connectivity index (χ2n) is 4.95. The molecular formula is C15H18N6O. The van der Waals surface area contributed by atoms with Gasteiger partial charge in [-0.3, -0.25) is 10.4 Å². The topological polar surface area (TPSA) is 75.5 Å². The van der Waals surface area contributed by atoms with E-state index in [1.165, 1.54) is 0 Å². The van der Waals surface area contributed by atoms with Crippen LogP contribution >= 0.6 is 0 Å². The first-order valence-electron chi connectivity index (χ1n) is 7.19. The molecule has 0 aliphatic carbocycles. The number of morpholine rings is 1. The van der Waals surface area contributed by atoms with E-state index in [-0.39, 0.29) is 0 Å². The normalized spacial score (nSPS) is 15.2. The number of hydrogen-bond acceptors (Lipinski definition) is 7. The number of aromatic nitrogens is 3. The highest BCUT2D eigenvalue weighted by atomic mass is 16.5. The highest BCUT2D eigenvalue weighted by molar-refractivity contribution is 5.79. The zero-order valence-electron chi connectivity index (χ0n) is 12.4. The Morgan fingerprint density at radius 3 is 2.95 bits per heavy atom. The summed E-state index contributed by atoms with van der Waals surface area (Å²) in [5.41, 5.74) is 4.77. The number of anilines is 2. The molecule has 0 spiro atoms. The molecule has 0 atom stereocenters. The Balaban J connectivity index is 1.70. The molecule has 1 saturated heterocycles. The summed E-state index contributed by atoms with van der Waals surface area (Å²) in [7, 11) is 0. The fraction of sp³-hybridized carbons (Fsp3) is 0.333. The Morgan fingerprint density at radius 1 is 1.32 bits per heavy atom. The highest BCUT2D eigenvalue weighted by Crippen LogP contribution is 2.14. The van der Waals surface area contributed by atoms with Crippen LogP contribution in [0.4, 0.5) is 11.8 Å². The number of rotatable bonds is 4. The van der Waals surface area contributed by atoms with Crippen molar-refractivity contribution in [2.45, 2.75) is 6.92 Å². The fourth-order valence-electron chi connectivity index (χ4n) is 2.14. The van der Waals surface area contributed by atoms with Gasteiger partial charge in [-0.25, -0.2) is 4.98 Å². The first kappa shape index (κ1) is 14.4. The van der Waals surface area contributed by atoms with E-state index in [9.17, 15) is 0 Å². The molecule has 3 rings (SSSR count). The van der Waals surface area contributed by atoms with Crippen molar-refractivity contribution in [2.24, 2.45) is 5.10 Å². The highest BCUT2D eigenvalue weighted by Gasteiger charge is 2.14. The molecule has 7 heteroatoms. The SMILES string of the molecule is Cc1cc(NN=Cc2cccnc2)nc(N2CCOCC2)n1. The van der Waals surface area contributed by atoms with Crippen LogP contribution in [0.5, 0.6) is 0 Å². The van der Waals surface area contributed by atoms with Crippen LogP contribution in [0.1, 0.15) is 11.3 Å². The van der Waals surface area contributed by atoms with Gasteiger partial charge in [0.2, 0.25) is 5.95 Å². The molecular weight excluding hydrogens is 280 g/mol. The Morgan fingerprint density at radius 2 is 2.18 bits per heavy atom. The molecule has 2 aromatic heterocycles. The maximum absolute atomic E-state index is 5.35. The van der Waals surface area contributed by atoms with Crippen molar-refractivity contribution >= 4 is 18.0 Å². The molecule has 1 aliphatic heterocycles. The van der Waals surface area contributed by atoms with Gasteiger partial charge >= 0.3 is 0 Å². The van der Waals surface area contributed by atoms with Gasteiger partial charge in [0.05, 0.1) is 19.4 Å². The summed E-state index contributed by atoms with van der Waals surface area (Å²) < 4.78 is 5.35. The van der Waals surface area contributed by atoms with Gasteiger partial charge in [0.15, 0.2) is 5.82 Å². The molecule has 0 bridgehead atoms. The van der Waals surface area contributed by atoms with Crippen LogP contribution in [0, 0.1) is 6.92 Å². The number of nitrogens with zero attached hydrogens (tertiary/aromatic N) is 5. The molecule has 0 saturated carbocycles. The van der Waals surface area contributed by atoms with E-state index < -0.39 is 0 Å². The van der Waals surface area contributed by atoms with Crippen molar-refractivity contribution in [3.05, 3.63) is 41.9 Å². The molecule has 7 nitrogen and oxygen atoms in total. The van der Waals surface area contributed by atoms with Crippen LogP contribution in [0.25, 0.3) is 0 Å². The van der Waals surface area contributed by atoms with E-state index >= 15 is 0 Å². The number of pyridine rings is 1. The lowest BCUT2D eigenvalue weighted by molar-refractivity contribution is 0.122. The quantitative estimate of drug-likeness (QED) is 0.680. The number of aryl methyl sites for hydroxylation is 1. The van der Waals surface area contributed by atoms with Crippen LogP contribution in [0.3, 0.4) is 0 Å². The summed E-state index contributed by atoms with van der Waals surface area (Å²) in [6, 6.07) is 5.67. The van der Waals surface area contributed by atoms with E-state index in [2.05, 4.69) is 30.4 Å². The molecule has 22 heavy (non-hydrogen) atoms. The predicted molar refractivity (Wildman–Crippen MR) is 85.3 cm³/mol. The molecule has 1 aliphatic rings. The Kier molecular flexibility index (Phi) is 4.55. The zero-order chi connectivity index (χ0) is 15.2. The molecule has 1 N–H and O–H groups in total. The molecule has 0 aromatic carbocycles. The standard InChI is InChI=1S/C15H18N6O/c1-12-9-14(20-17-11-13-3-2-4-16-10-13)19-15(18-12)21-5-7-22-8-6-21/h2-4,9-11H,5-8H2,1H3,(H,18,19,20). The van der Waals surface area contributed by atoms with Crippen molar-refractivity contribution in [3.63, 3.8) is 0 Å². The third-order valence-electron chi connectivity index (χ3n) is 3.21. The van der Waals surface area contributed by atoms with Gasteiger partial charge in [-0.15, -0.1) is 0 Å². The third kappa shape index (κ3) is 3.76. The minimum Gasteiger partial charge on any atom is -0.378 e. The van der Waals surface area contributed by atoms with E-state index in [1.54, 1.807) is 18.6 Å². The van der Waals surface area contributed by atoms with Crippen LogP contribution in [-0.4, -0.2) is 47.5 Å². The lowest BCUT2D eigenvalue weighted by atomic mass is 10.3. The van der Waals surface area contributed by atoms with E-state index in [0.29, 0.717) is 25.0 Å². The second-order valence-corrected chi connectivity index (χ2v) is 4.95. The maximum atomic E-state index is 5.35. The van der Waals surface area contributed by atoms with Gasteiger partial charge in [0.25, 0.3) is 0 Å². The summed E-state index contributed by atoms with van der Waals surface area (Å²) in [5, 5.41) is 4.19. The van der Waals surface area contributed by atoms with Gasteiger partial charge < -0.3 is 9.64 Å². The van der Waals surface area contributed by atoms with Crippen LogP contribution in [-0.2, 0) is 4.74 Å². The Hall–Kier alpha value is -2.54. The van der Waals surface area contributed by atoms with Crippen LogP contribution in [0.2, 0.25) is 0 Å². The van der Waals surface area contributed by atoms with Crippen molar-refractivity contribution < 1.29 is 4.74 Å². The summed E-state index contributed by atoms with van der Waals surface area (Å²) in [6.45, 7) is 4.98. The fourth-order valence-corrected chi connectivity index (χ4v) is 2.14. The first-order chi connectivity index (χ1) is 10.8. The average molecular weight is 298 g/mol. The Bertz CT molecular complexity index is 640. The predicted octanol–water partition coefficient (Wildman–Crippen LogP) is 1.46. The smallest absolute Gasteiger partial charge is 0.227 e. The zero-order valence-corrected chi connectivity index (χ0v) is 12.4. The molecule has 0 amide bonds. The molecule has 0 unspecified atom stereocenters. The Labute approximate surface area is 129 Å². The summed E-state index contributed by atoms with van der Waals surface area (Å²) in [4.78, 5) is 15.1. The van der Waals surface area contributed by atoms with Crippen molar-refractivity contribution in [1.29, 1.82) is 0 Å². The van der Waals surface area contributed by atoms with E-state index in [1.807, 2.05) is 25.1 Å². The number of nitrogens with one attached hydrogen (secondary N) is 1. The number of ether oxygens (including phenoxy) is 1. The minimum absolute atomic E-state index is 0.675. The summed E-state index contributed by atoms with van der Waals surface area (Å²) in [5.74, 6) is 1.39. The van der Waals surface area contributed by atoms with E-state index in [0.717, 1.165) is 24.3 Å². The van der Waals surface area contributed by atoms with Gasteiger partial charge in [-0.05, 0) is 13.0 Å². The summed E-state index contributed by atoms with van der Waals surface area (Å²) >= 11 is 0. The van der Waals surface area contributed by atoms with Crippen molar-refractivity contribution in [1.82, 2.24) is 15.0 Å². The lowest BCUT2D eigenvalue weighted by Crippen LogP contribution is -2.37. The van der Waals surface area contributed by atoms with Gasteiger partial charge in [-0.2, -0.15) is 10.1 Å².